The number of aromatic carboxylic acids is 1. The Morgan fingerprint density at radius 2 is 1.89 bits per heavy atom. The fraction of sp³-hybridized carbons (Fsp3) is 0.462. The van der Waals surface area contributed by atoms with Crippen LogP contribution in [-0.2, 0) is 0 Å². The quantitative estimate of drug-likeness (QED) is 0.779. The van der Waals surface area contributed by atoms with Crippen LogP contribution in [0.4, 0.5) is 0 Å². The topological polar surface area (TPSA) is 40.5 Å². The van der Waals surface area contributed by atoms with E-state index < -0.39 is 5.97 Å². The Labute approximate surface area is 117 Å². The van der Waals surface area contributed by atoms with Crippen LogP contribution in [-0.4, -0.2) is 48.1 Å². The van der Waals surface area contributed by atoms with E-state index in [-0.39, 0.29) is 0 Å². The zero-order valence-electron chi connectivity index (χ0n) is 11.0. The van der Waals surface area contributed by atoms with Gasteiger partial charge in [0.05, 0.1) is 5.56 Å². The summed E-state index contributed by atoms with van der Waals surface area (Å²) in [6.07, 6.45) is 0. The Kier molecular flexibility index (Phi) is 6.60. The molecule has 0 spiro atoms. The molecule has 100 valence electrons. The van der Waals surface area contributed by atoms with Gasteiger partial charge in [0, 0.05) is 22.1 Å². The lowest BCUT2D eigenvalue weighted by molar-refractivity contribution is 0.0689. The number of thioether (sulfide) groups is 2. The lowest BCUT2D eigenvalue weighted by Gasteiger charge is -2.12. The normalized spacial score (nSPS) is 10.9. The van der Waals surface area contributed by atoms with Crippen molar-refractivity contribution in [2.75, 3.05) is 32.1 Å². The van der Waals surface area contributed by atoms with Crippen molar-refractivity contribution in [2.24, 2.45) is 0 Å². The SMILES string of the molecule is CCSc1cccc(SCCN(C)C)c1C(=O)O. The summed E-state index contributed by atoms with van der Waals surface area (Å²) < 4.78 is 0. The molecule has 0 aromatic heterocycles. The summed E-state index contributed by atoms with van der Waals surface area (Å²) in [5.41, 5.74) is 0.452. The molecule has 0 aliphatic rings. The second-order valence-electron chi connectivity index (χ2n) is 4.02. The third-order valence-electron chi connectivity index (χ3n) is 2.30. The minimum Gasteiger partial charge on any atom is -0.478 e. The lowest BCUT2D eigenvalue weighted by Crippen LogP contribution is -2.15. The van der Waals surface area contributed by atoms with Crippen molar-refractivity contribution in [2.45, 2.75) is 16.7 Å². The van der Waals surface area contributed by atoms with Gasteiger partial charge in [-0.25, -0.2) is 4.79 Å². The number of carboxylic acids is 1. The molecule has 0 fully saturated rings. The van der Waals surface area contributed by atoms with Crippen LogP contribution in [0.1, 0.15) is 17.3 Å². The Morgan fingerprint density at radius 3 is 2.39 bits per heavy atom. The number of hydrogen-bond acceptors (Lipinski definition) is 4. The Bertz CT molecular complexity index is 408. The molecule has 0 atom stereocenters. The third-order valence-corrected chi connectivity index (χ3v) is 4.28. The fourth-order valence-electron chi connectivity index (χ4n) is 1.46. The second-order valence-corrected chi connectivity index (χ2v) is 6.46. The van der Waals surface area contributed by atoms with Gasteiger partial charge in [-0.3, -0.25) is 0 Å². The van der Waals surface area contributed by atoms with E-state index in [2.05, 4.69) is 4.90 Å². The third kappa shape index (κ3) is 4.55. The minimum atomic E-state index is -0.834. The molecule has 1 N–H and O–H groups in total. The highest BCUT2D eigenvalue weighted by Gasteiger charge is 2.15. The first-order valence-electron chi connectivity index (χ1n) is 5.83. The highest BCUT2D eigenvalue weighted by molar-refractivity contribution is 8.00. The molecular weight excluding hydrogens is 266 g/mol. The van der Waals surface area contributed by atoms with Crippen LogP contribution in [0.5, 0.6) is 0 Å². The van der Waals surface area contributed by atoms with Gasteiger partial charge in [0.1, 0.15) is 0 Å². The average molecular weight is 285 g/mol. The zero-order valence-corrected chi connectivity index (χ0v) is 12.6. The predicted molar refractivity (Wildman–Crippen MR) is 79.1 cm³/mol. The van der Waals surface area contributed by atoms with E-state index in [9.17, 15) is 9.90 Å². The van der Waals surface area contributed by atoms with Crippen LogP contribution >= 0.6 is 23.5 Å². The summed E-state index contributed by atoms with van der Waals surface area (Å²) in [5.74, 6) is 0.943. The Balaban J connectivity index is 2.88. The molecule has 0 aliphatic carbocycles. The molecule has 0 saturated carbocycles. The van der Waals surface area contributed by atoms with Crippen molar-refractivity contribution < 1.29 is 9.90 Å². The molecule has 1 aromatic rings. The van der Waals surface area contributed by atoms with Crippen LogP contribution < -0.4 is 0 Å². The fourth-order valence-corrected chi connectivity index (χ4v) is 3.54. The molecule has 5 heteroatoms. The number of nitrogens with zero attached hydrogens (tertiary/aromatic N) is 1. The van der Waals surface area contributed by atoms with Crippen LogP contribution in [0, 0.1) is 0 Å². The van der Waals surface area contributed by atoms with E-state index in [1.54, 1.807) is 23.5 Å². The molecule has 18 heavy (non-hydrogen) atoms. The summed E-state index contributed by atoms with van der Waals surface area (Å²) in [5, 5.41) is 9.34. The van der Waals surface area contributed by atoms with Crippen molar-refractivity contribution in [1.82, 2.24) is 4.90 Å². The van der Waals surface area contributed by atoms with Crippen LogP contribution in [0.2, 0.25) is 0 Å². The van der Waals surface area contributed by atoms with Gasteiger partial charge in [-0.2, -0.15) is 0 Å². The van der Waals surface area contributed by atoms with Crippen molar-refractivity contribution in [3.8, 4) is 0 Å². The smallest absolute Gasteiger partial charge is 0.337 e. The number of benzene rings is 1. The minimum absolute atomic E-state index is 0.452. The van der Waals surface area contributed by atoms with Crippen LogP contribution in [0.25, 0.3) is 0 Å². The maximum absolute atomic E-state index is 11.4. The van der Waals surface area contributed by atoms with Crippen LogP contribution in [0.15, 0.2) is 28.0 Å². The molecule has 0 bridgehead atoms. The highest BCUT2D eigenvalue weighted by atomic mass is 32.2. The lowest BCUT2D eigenvalue weighted by atomic mass is 10.2. The summed E-state index contributed by atoms with van der Waals surface area (Å²) in [7, 11) is 4.03. The van der Waals surface area contributed by atoms with Crippen molar-refractivity contribution in [3.63, 3.8) is 0 Å². The molecule has 0 heterocycles. The average Bonchev–Trinajstić information content (AvgIpc) is 2.28. The molecule has 0 saturated heterocycles. The van der Waals surface area contributed by atoms with E-state index in [4.69, 9.17) is 0 Å². The number of hydrogen-bond donors (Lipinski definition) is 1. The molecule has 0 radical (unpaired) electrons. The largest absolute Gasteiger partial charge is 0.478 e. The molecule has 3 nitrogen and oxygen atoms in total. The predicted octanol–water partition coefficient (Wildman–Crippen LogP) is 3.15. The molecule has 0 amide bonds. The van der Waals surface area contributed by atoms with E-state index in [0.29, 0.717) is 5.56 Å². The molecule has 1 rings (SSSR count). The summed E-state index contributed by atoms with van der Waals surface area (Å²) in [6, 6.07) is 5.71. The standard InChI is InChI=1S/C13H19NO2S2/c1-4-17-10-6-5-7-11(12(10)13(15)16)18-9-8-14(2)3/h5-7H,4,8-9H2,1-3H3,(H,15,16). The van der Waals surface area contributed by atoms with E-state index in [1.807, 2.05) is 39.2 Å². The van der Waals surface area contributed by atoms with Gasteiger partial charge in [-0.1, -0.05) is 13.0 Å². The van der Waals surface area contributed by atoms with E-state index in [1.165, 1.54) is 0 Å². The molecule has 1 aromatic carbocycles. The van der Waals surface area contributed by atoms with Gasteiger partial charge in [-0.05, 0) is 32.0 Å². The van der Waals surface area contributed by atoms with Gasteiger partial charge in [0.2, 0.25) is 0 Å². The second kappa shape index (κ2) is 7.71. The summed E-state index contributed by atoms with van der Waals surface area (Å²) in [4.78, 5) is 15.2. The first kappa shape index (κ1) is 15.4. The first-order chi connectivity index (χ1) is 8.56. The Morgan fingerprint density at radius 1 is 1.28 bits per heavy atom. The van der Waals surface area contributed by atoms with Gasteiger partial charge < -0.3 is 10.0 Å². The zero-order chi connectivity index (χ0) is 13.5. The molecule has 0 unspecified atom stereocenters. The summed E-state index contributed by atoms with van der Waals surface area (Å²) in [6.45, 7) is 2.97. The van der Waals surface area contributed by atoms with Gasteiger partial charge in [-0.15, -0.1) is 23.5 Å². The highest BCUT2D eigenvalue weighted by Crippen LogP contribution is 2.31. The molecule has 0 aliphatic heterocycles. The van der Waals surface area contributed by atoms with Crippen molar-refractivity contribution in [1.29, 1.82) is 0 Å². The van der Waals surface area contributed by atoms with Crippen LogP contribution in [0.3, 0.4) is 0 Å². The monoisotopic (exact) mass is 285 g/mol. The van der Waals surface area contributed by atoms with E-state index in [0.717, 1.165) is 27.8 Å². The van der Waals surface area contributed by atoms with E-state index >= 15 is 0 Å². The van der Waals surface area contributed by atoms with Gasteiger partial charge >= 0.3 is 5.97 Å². The van der Waals surface area contributed by atoms with Crippen molar-refractivity contribution in [3.05, 3.63) is 23.8 Å². The van der Waals surface area contributed by atoms with Gasteiger partial charge in [0.15, 0.2) is 0 Å². The Hall–Kier alpha value is -0.650. The maximum Gasteiger partial charge on any atom is 0.337 e. The number of carboxylic acid groups (broad SMARTS) is 1. The number of rotatable bonds is 7. The molecular formula is C13H19NO2S2. The maximum atomic E-state index is 11.4. The number of carbonyl (C=O) groups is 1. The summed E-state index contributed by atoms with van der Waals surface area (Å²) >= 11 is 3.19. The first-order valence-corrected chi connectivity index (χ1v) is 7.80. The van der Waals surface area contributed by atoms with Gasteiger partial charge in [0.25, 0.3) is 0 Å². The van der Waals surface area contributed by atoms with Crippen molar-refractivity contribution >= 4 is 29.5 Å².